The van der Waals surface area contributed by atoms with Gasteiger partial charge in [-0.2, -0.15) is 0 Å². The Balaban J connectivity index is 0.00000196. The molecule has 1 fully saturated rings. The van der Waals surface area contributed by atoms with Crippen LogP contribution in [0.5, 0.6) is 0 Å². The first-order valence-electron chi connectivity index (χ1n) is 5.41. The molecule has 1 rings (SSSR count). The highest BCUT2D eigenvalue weighted by Gasteiger charge is 2.14. The second-order valence-corrected chi connectivity index (χ2v) is 3.67. The number of hydrogen-bond donors (Lipinski definition) is 2. The van der Waals surface area contributed by atoms with E-state index in [0.29, 0.717) is 25.6 Å². The summed E-state index contributed by atoms with van der Waals surface area (Å²) in [6, 6.07) is 0. The summed E-state index contributed by atoms with van der Waals surface area (Å²) in [6.45, 7) is 1.94. The van der Waals surface area contributed by atoms with E-state index in [1.807, 2.05) is 0 Å². The first kappa shape index (κ1) is 14.7. The van der Waals surface area contributed by atoms with Gasteiger partial charge in [0.2, 0.25) is 5.91 Å². The van der Waals surface area contributed by atoms with Gasteiger partial charge in [0.1, 0.15) is 0 Å². The number of halogens is 1. The van der Waals surface area contributed by atoms with Crippen LogP contribution in [-0.2, 0) is 9.53 Å². The molecule has 1 saturated heterocycles. The van der Waals surface area contributed by atoms with Crippen molar-refractivity contribution in [3.63, 3.8) is 0 Å². The molecule has 0 radical (unpaired) electrons. The fraction of sp³-hybridized carbons (Fsp3) is 0.900. The second kappa shape index (κ2) is 8.95. The largest absolute Gasteiger partial charge is 0.378 e. The minimum absolute atomic E-state index is 0. The summed E-state index contributed by atoms with van der Waals surface area (Å²) in [5.41, 5.74) is 5.28. The van der Waals surface area contributed by atoms with Gasteiger partial charge in [-0.3, -0.25) is 4.79 Å². The number of hydrogen-bond acceptors (Lipinski definition) is 3. The molecule has 90 valence electrons. The van der Waals surface area contributed by atoms with Crippen molar-refractivity contribution in [1.82, 2.24) is 5.32 Å². The van der Waals surface area contributed by atoms with Gasteiger partial charge < -0.3 is 15.8 Å². The monoisotopic (exact) mass is 236 g/mol. The minimum atomic E-state index is 0. The van der Waals surface area contributed by atoms with Crippen molar-refractivity contribution in [1.29, 1.82) is 0 Å². The maximum Gasteiger partial charge on any atom is 0.220 e. The molecule has 1 amide bonds. The van der Waals surface area contributed by atoms with Crippen molar-refractivity contribution < 1.29 is 9.53 Å². The minimum Gasteiger partial charge on any atom is -0.378 e. The highest BCUT2D eigenvalue weighted by molar-refractivity contribution is 5.85. The van der Waals surface area contributed by atoms with E-state index in [1.165, 1.54) is 6.42 Å². The highest BCUT2D eigenvalue weighted by Crippen LogP contribution is 2.16. The van der Waals surface area contributed by atoms with Crippen LogP contribution in [0.4, 0.5) is 0 Å². The lowest BCUT2D eigenvalue weighted by Gasteiger charge is -2.22. The van der Waals surface area contributed by atoms with Crippen LogP contribution < -0.4 is 11.1 Å². The molecule has 0 aromatic heterocycles. The summed E-state index contributed by atoms with van der Waals surface area (Å²) in [7, 11) is 0. The fourth-order valence-corrected chi connectivity index (χ4v) is 1.63. The molecule has 1 unspecified atom stereocenters. The number of nitrogens with two attached hydrogens (primary N) is 1. The van der Waals surface area contributed by atoms with Gasteiger partial charge in [-0.25, -0.2) is 0 Å². The Hall–Kier alpha value is -0.320. The molecule has 0 saturated carbocycles. The molecule has 0 aromatic rings. The summed E-state index contributed by atoms with van der Waals surface area (Å²) in [5.74, 6) is 0.0876. The maximum absolute atomic E-state index is 11.2. The molecule has 1 heterocycles. The topological polar surface area (TPSA) is 64.3 Å². The summed E-state index contributed by atoms with van der Waals surface area (Å²) in [5, 5.41) is 2.75. The molecule has 1 aliphatic rings. The van der Waals surface area contributed by atoms with E-state index in [4.69, 9.17) is 10.5 Å². The van der Waals surface area contributed by atoms with Crippen LogP contribution in [0.2, 0.25) is 0 Å². The van der Waals surface area contributed by atoms with Gasteiger partial charge in [0.15, 0.2) is 0 Å². The van der Waals surface area contributed by atoms with Gasteiger partial charge in [-0.15, -0.1) is 12.4 Å². The predicted octanol–water partition coefficient (Wildman–Crippen LogP) is 0.832. The molecule has 4 nitrogen and oxygen atoms in total. The predicted molar refractivity (Wildman–Crippen MR) is 62.1 cm³/mol. The molecule has 5 heteroatoms. The molecule has 0 spiro atoms. The van der Waals surface area contributed by atoms with Crippen LogP contribution in [0, 0.1) is 0 Å². The van der Waals surface area contributed by atoms with Gasteiger partial charge in [0.05, 0.1) is 6.10 Å². The number of nitrogens with one attached hydrogen (secondary N) is 1. The summed E-state index contributed by atoms with van der Waals surface area (Å²) in [4.78, 5) is 11.2. The van der Waals surface area contributed by atoms with Crippen molar-refractivity contribution >= 4 is 18.3 Å². The summed E-state index contributed by atoms with van der Waals surface area (Å²) < 4.78 is 5.53. The molecule has 1 aliphatic heterocycles. The second-order valence-electron chi connectivity index (χ2n) is 3.67. The van der Waals surface area contributed by atoms with Crippen LogP contribution in [0.15, 0.2) is 0 Å². The number of ether oxygens (including phenoxy) is 1. The SMILES string of the molecule is Cl.NCCNC(=O)CCC1CCCCO1. The molecule has 3 N–H and O–H groups in total. The smallest absolute Gasteiger partial charge is 0.220 e. The van der Waals surface area contributed by atoms with Gasteiger partial charge in [0, 0.05) is 26.1 Å². The standard InChI is InChI=1S/C10H20N2O2.ClH/c11-6-7-12-10(13)5-4-9-3-1-2-8-14-9;/h9H,1-8,11H2,(H,12,13);1H. The number of rotatable bonds is 5. The van der Waals surface area contributed by atoms with Gasteiger partial charge in [0.25, 0.3) is 0 Å². The van der Waals surface area contributed by atoms with Crippen molar-refractivity contribution in [3.05, 3.63) is 0 Å². The van der Waals surface area contributed by atoms with E-state index in [2.05, 4.69) is 5.32 Å². The molecule has 0 bridgehead atoms. The summed E-state index contributed by atoms with van der Waals surface area (Å²) >= 11 is 0. The van der Waals surface area contributed by atoms with Crippen LogP contribution in [0.3, 0.4) is 0 Å². The van der Waals surface area contributed by atoms with Gasteiger partial charge in [-0.05, 0) is 25.7 Å². The van der Waals surface area contributed by atoms with Gasteiger partial charge in [-0.1, -0.05) is 0 Å². The third-order valence-electron chi connectivity index (χ3n) is 2.43. The molecule has 0 aliphatic carbocycles. The molecule has 0 aromatic carbocycles. The molecular weight excluding hydrogens is 216 g/mol. The fourth-order valence-electron chi connectivity index (χ4n) is 1.63. The lowest BCUT2D eigenvalue weighted by molar-refractivity contribution is -0.122. The Morgan fingerprint density at radius 3 is 2.87 bits per heavy atom. The van der Waals surface area contributed by atoms with E-state index in [1.54, 1.807) is 0 Å². The van der Waals surface area contributed by atoms with Gasteiger partial charge >= 0.3 is 0 Å². The zero-order valence-electron chi connectivity index (χ0n) is 9.04. The van der Waals surface area contributed by atoms with E-state index in [9.17, 15) is 4.79 Å². The third-order valence-corrected chi connectivity index (χ3v) is 2.43. The Morgan fingerprint density at radius 2 is 2.27 bits per heavy atom. The molecule has 15 heavy (non-hydrogen) atoms. The zero-order valence-corrected chi connectivity index (χ0v) is 9.85. The van der Waals surface area contributed by atoms with E-state index in [0.717, 1.165) is 25.9 Å². The zero-order chi connectivity index (χ0) is 10.2. The molecule has 1 atom stereocenters. The lowest BCUT2D eigenvalue weighted by atomic mass is 10.0. The first-order valence-corrected chi connectivity index (χ1v) is 5.41. The van der Waals surface area contributed by atoms with Crippen molar-refractivity contribution in [2.75, 3.05) is 19.7 Å². The highest BCUT2D eigenvalue weighted by atomic mass is 35.5. The van der Waals surface area contributed by atoms with Crippen LogP contribution in [-0.4, -0.2) is 31.7 Å². The van der Waals surface area contributed by atoms with E-state index in [-0.39, 0.29) is 18.3 Å². The van der Waals surface area contributed by atoms with E-state index >= 15 is 0 Å². The van der Waals surface area contributed by atoms with Crippen LogP contribution in [0.25, 0.3) is 0 Å². The average molecular weight is 237 g/mol. The first-order chi connectivity index (χ1) is 6.83. The Kier molecular flexibility index (Phi) is 8.76. The Morgan fingerprint density at radius 1 is 1.47 bits per heavy atom. The van der Waals surface area contributed by atoms with Crippen LogP contribution in [0.1, 0.15) is 32.1 Å². The number of carbonyl (C=O) groups is 1. The van der Waals surface area contributed by atoms with E-state index < -0.39 is 0 Å². The lowest BCUT2D eigenvalue weighted by Crippen LogP contribution is -2.30. The number of carbonyl (C=O) groups excluding carboxylic acids is 1. The Labute approximate surface area is 97.3 Å². The van der Waals surface area contributed by atoms with Crippen molar-refractivity contribution in [2.45, 2.75) is 38.2 Å². The normalized spacial score (nSPS) is 20.5. The van der Waals surface area contributed by atoms with Crippen molar-refractivity contribution in [3.8, 4) is 0 Å². The average Bonchev–Trinajstić information content (AvgIpc) is 2.25. The maximum atomic E-state index is 11.2. The quantitative estimate of drug-likeness (QED) is 0.743. The van der Waals surface area contributed by atoms with Crippen LogP contribution >= 0.6 is 12.4 Å². The summed E-state index contributed by atoms with van der Waals surface area (Å²) in [6.07, 6.45) is 5.20. The molecular formula is C10H21ClN2O2. The third kappa shape index (κ3) is 6.71. The van der Waals surface area contributed by atoms with Crippen molar-refractivity contribution in [2.24, 2.45) is 5.73 Å². The Bertz CT molecular complexity index is 173. The number of amides is 1.